The van der Waals surface area contributed by atoms with E-state index in [0.29, 0.717) is 5.76 Å². The molecule has 6 unspecified atom stereocenters. The van der Waals surface area contributed by atoms with Gasteiger partial charge in [-0.05, 0) is 24.3 Å². The normalized spacial score (nSPS) is 33.3. The largest absolute Gasteiger partial charge is 0.464 e. The fourth-order valence-electron chi connectivity index (χ4n) is 3.02. The first-order chi connectivity index (χ1) is 13.0. The minimum Gasteiger partial charge on any atom is -0.464 e. The number of nitro benzene ring substituents is 1. The van der Waals surface area contributed by atoms with Crippen molar-refractivity contribution < 1.29 is 38.5 Å². The third-order valence-corrected chi connectivity index (χ3v) is 4.41. The summed E-state index contributed by atoms with van der Waals surface area (Å²) in [7, 11) is 0. The fourth-order valence-corrected chi connectivity index (χ4v) is 3.02. The van der Waals surface area contributed by atoms with E-state index in [2.05, 4.69) is 0 Å². The maximum atomic E-state index is 10.7. The summed E-state index contributed by atoms with van der Waals surface area (Å²) < 4.78 is 27.7. The monoisotopic (exact) mass is 379 g/mol. The first-order valence-corrected chi connectivity index (χ1v) is 8.26. The summed E-state index contributed by atoms with van der Waals surface area (Å²) in [6.45, 7) is 0.0972. The van der Waals surface area contributed by atoms with E-state index < -0.39 is 41.9 Å². The van der Waals surface area contributed by atoms with Crippen LogP contribution in [-0.2, 0) is 14.2 Å². The molecule has 2 fully saturated rings. The molecule has 2 aliphatic heterocycles. The highest BCUT2D eigenvalue weighted by Crippen LogP contribution is 2.35. The molecule has 1 aromatic carbocycles. The Morgan fingerprint density at radius 1 is 1.11 bits per heavy atom. The van der Waals surface area contributed by atoms with Crippen molar-refractivity contribution in [3.63, 3.8) is 0 Å². The van der Waals surface area contributed by atoms with Crippen LogP contribution in [0.1, 0.15) is 12.1 Å². The van der Waals surface area contributed by atoms with E-state index in [4.69, 9.17) is 23.4 Å². The number of benzene rings is 1. The predicted octanol–water partition coefficient (Wildman–Crippen LogP) is 1.13. The lowest BCUT2D eigenvalue weighted by Gasteiger charge is -2.45. The molecule has 0 aliphatic carbocycles. The van der Waals surface area contributed by atoms with E-state index in [1.54, 1.807) is 12.1 Å². The maximum Gasteiger partial charge on any atom is 0.269 e. The number of hydrogen-bond acceptors (Lipinski definition) is 9. The van der Waals surface area contributed by atoms with Gasteiger partial charge in [-0.15, -0.1) is 0 Å². The van der Waals surface area contributed by atoms with Gasteiger partial charge in [-0.25, -0.2) is 0 Å². The Kier molecular flexibility index (Phi) is 4.81. The summed E-state index contributed by atoms with van der Waals surface area (Å²) in [6, 6.07) is 8.67. The quantitative estimate of drug-likeness (QED) is 0.592. The van der Waals surface area contributed by atoms with Gasteiger partial charge in [0, 0.05) is 12.1 Å². The molecule has 144 valence electrons. The van der Waals surface area contributed by atoms with Gasteiger partial charge in [0.15, 0.2) is 5.76 Å². The van der Waals surface area contributed by atoms with E-state index >= 15 is 0 Å². The number of aliphatic hydroxyl groups is 2. The lowest BCUT2D eigenvalue weighted by Crippen LogP contribution is -2.62. The summed E-state index contributed by atoms with van der Waals surface area (Å²) in [5.41, 5.74) is -0.0920. The number of furan rings is 1. The molecule has 2 aliphatic rings. The first kappa shape index (κ1) is 17.9. The average molecular weight is 379 g/mol. The van der Waals surface area contributed by atoms with E-state index in [1.807, 2.05) is 0 Å². The van der Waals surface area contributed by atoms with Crippen LogP contribution in [0.2, 0.25) is 0 Å². The molecule has 2 saturated heterocycles. The highest BCUT2D eigenvalue weighted by molar-refractivity contribution is 5.36. The molecule has 10 nitrogen and oxygen atoms in total. The van der Waals surface area contributed by atoms with Crippen LogP contribution in [0.4, 0.5) is 5.69 Å². The van der Waals surface area contributed by atoms with E-state index in [0.717, 1.165) is 0 Å². The molecular weight excluding hydrogens is 362 g/mol. The van der Waals surface area contributed by atoms with Gasteiger partial charge in [-0.3, -0.25) is 10.1 Å². The van der Waals surface area contributed by atoms with Crippen molar-refractivity contribution in [2.75, 3.05) is 6.61 Å². The van der Waals surface area contributed by atoms with Crippen LogP contribution in [0.15, 0.2) is 47.1 Å². The summed E-state index contributed by atoms with van der Waals surface area (Å²) in [4.78, 5) is 10.2. The zero-order valence-corrected chi connectivity index (χ0v) is 13.9. The lowest BCUT2D eigenvalue weighted by atomic mass is 9.98. The van der Waals surface area contributed by atoms with Crippen LogP contribution >= 0.6 is 0 Å². The van der Waals surface area contributed by atoms with Gasteiger partial charge in [0.2, 0.25) is 12.6 Å². The second-order valence-electron chi connectivity index (χ2n) is 6.17. The van der Waals surface area contributed by atoms with E-state index in [1.165, 1.54) is 30.5 Å². The molecule has 4 rings (SSSR count). The van der Waals surface area contributed by atoms with Crippen LogP contribution < -0.4 is 4.74 Å². The molecule has 0 radical (unpaired) electrons. The Morgan fingerprint density at radius 2 is 1.89 bits per heavy atom. The highest BCUT2D eigenvalue weighted by atomic mass is 16.8. The molecule has 0 spiro atoms. The molecule has 2 aromatic rings. The van der Waals surface area contributed by atoms with Crippen molar-refractivity contribution in [1.29, 1.82) is 0 Å². The van der Waals surface area contributed by atoms with Gasteiger partial charge >= 0.3 is 0 Å². The number of rotatable bonds is 4. The lowest BCUT2D eigenvalue weighted by molar-refractivity contribution is -0.384. The third kappa shape index (κ3) is 3.53. The number of hydrogen-bond donors (Lipinski definition) is 2. The molecule has 0 saturated carbocycles. The second-order valence-corrected chi connectivity index (χ2v) is 6.17. The highest BCUT2D eigenvalue weighted by Gasteiger charge is 2.50. The molecule has 10 heteroatoms. The van der Waals surface area contributed by atoms with Gasteiger partial charge in [-0.2, -0.15) is 0 Å². The molecular formula is C17H17NO9. The van der Waals surface area contributed by atoms with Crippen molar-refractivity contribution >= 4 is 5.69 Å². The number of non-ortho nitro benzene ring substituents is 1. The summed E-state index contributed by atoms with van der Waals surface area (Å²) in [6.07, 6.45) is -4.69. The molecule has 3 heterocycles. The topological polar surface area (TPSA) is 134 Å². The third-order valence-electron chi connectivity index (χ3n) is 4.41. The van der Waals surface area contributed by atoms with Crippen molar-refractivity contribution in [2.24, 2.45) is 0 Å². The Balaban J connectivity index is 1.43. The van der Waals surface area contributed by atoms with E-state index in [9.17, 15) is 20.3 Å². The predicted molar refractivity (Wildman–Crippen MR) is 86.7 cm³/mol. The fraction of sp³-hybridized carbons (Fsp3) is 0.412. The molecule has 2 N–H and O–H groups in total. The van der Waals surface area contributed by atoms with Crippen molar-refractivity contribution in [1.82, 2.24) is 0 Å². The molecule has 0 amide bonds. The summed E-state index contributed by atoms with van der Waals surface area (Å²) >= 11 is 0. The molecule has 1 aromatic heterocycles. The van der Waals surface area contributed by atoms with Crippen LogP contribution in [0.5, 0.6) is 5.75 Å². The van der Waals surface area contributed by atoms with Crippen molar-refractivity contribution in [3.05, 3.63) is 58.5 Å². The average Bonchev–Trinajstić information content (AvgIpc) is 3.21. The van der Waals surface area contributed by atoms with Crippen LogP contribution in [-0.4, -0.2) is 52.4 Å². The summed E-state index contributed by atoms with van der Waals surface area (Å²) in [5, 5.41) is 31.5. The van der Waals surface area contributed by atoms with Crippen molar-refractivity contribution in [3.8, 4) is 5.75 Å². The molecule has 0 bridgehead atoms. The van der Waals surface area contributed by atoms with Crippen molar-refractivity contribution in [2.45, 2.75) is 37.0 Å². The van der Waals surface area contributed by atoms with Gasteiger partial charge in [-0.1, -0.05) is 0 Å². The zero-order chi connectivity index (χ0) is 19.0. The Hall–Kier alpha value is -2.50. The minimum absolute atomic E-state index is 0.0920. The zero-order valence-electron chi connectivity index (χ0n) is 13.9. The number of nitrogens with zero attached hydrogens (tertiary/aromatic N) is 1. The van der Waals surface area contributed by atoms with Gasteiger partial charge in [0.1, 0.15) is 30.2 Å². The number of nitro groups is 1. The second kappa shape index (κ2) is 7.25. The van der Waals surface area contributed by atoms with E-state index in [-0.39, 0.29) is 18.0 Å². The first-order valence-electron chi connectivity index (χ1n) is 8.26. The molecule has 27 heavy (non-hydrogen) atoms. The van der Waals surface area contributed by atoms with Gasteiger partial charge < -0.3 is 33.6 Å². The number of fused-ring (bicyclic) bond motifs is 1. The smallest absolute Gasteiger partial charge is 0.269 e. The minimum atomic E-state index is -1.39. The van der Waals surface area contributed by atoms with Gasteiger partial charge in [0.25, 0.3) is 5.69 Å². The SMILES string of the molecule is O=[N+]([O-])c1ccc(OC2OC3COC(c4ccco4)OC3C(O)C2O)cc1. The Labute approximate surface area is 153 Å². The molecule has 6 atom stereocenters. The van der Waals surface area contributed by atoms with Gasteiger partial charge in [0.05, 0.1) is 17.8 Å². The summed E-state index contributed by atoms with van der Waals surface area (Å²) in [5.74, 6) is 0.695. The maximum absolute atomic E-state index is 10.7. The van der Waals surface area contributed by atoms with Crippen LogP contribution in [0.3, 0.4) is 0 Å². The standard InChI is InChI=1S/C17H17NO9/c19-13-14(20)17(25-10-5-3-9(4-6-10)18(21)22)26-12-8-24-16(27-15(12)13)11-2-1-7-23-11/h1-7,12-17,19-20H,8H2. The Morgan fingerprint density at radius 3 is 2.56 bits per heavy atom. The number of ether oxygens (including phenoxy) is 4. The van der Waals surface area contributed by atoms with Crippen LogP contribution in [0, 0.1) is 10.1 Å². The number of aliphatic hydroxyl groups excluding tert-OH is 2. The Bertz CT molecular complexity index is 776. The van der Waals surface area contributed by atoms with Crippen LogP contribution in [0.25, 0.3) is 0 Å².